The van der Waals surface area contributed by atoms with Crippen LogP contribution in [0.15, 0.2) is 271 Å². The zero-order chi connectivity index (χ0) is 45.7. The summed E-state index contributed by atoms with van der Waals surface area (Å²) >= 11 is 0. The molecule has 2 heterocycles. The molecule has 0 fully saturated rings. The molecule has 0 aliphatic carbocycles. The van der Waals surface area contributed by atoms with Gasteiger partial charge in [-0.05, 0) is 159 Å². The summed E-state index contributed by atoms with van der Waals surface area (Å²) in [6.07, 6.45) is 0. The summed E-state index contributed by atoms with van der Waals surface area (Å²) in [5.74, 6) is 0. The van der Waals surface area contributed by atoms with Crippen molar-refractivity contribution < 1.29 is 4.42 Å². The Morgan fingerprint density at radius 3 is 1.45 bits per heavy atom. The zero-order valence-electron chi connectivity index (χ0n) is 37.7. The molecule has 0 bridgehead atoms. The fraction of sp³-hybridized carbons (Fsp3) is 0. The lowest BCUT2D eigenvalue weighted by molar-refractivity contribution is 0.669. The number of para-hydroxylation sites is 4. The summed E-state index contributed by atoms with van der Waals surface area (Å²) < 4.78 is 8.78. The van der Waals surface area contributed by atoms with Crippen molar-refractivity contribution in [2.45, 2.75) is 0 Å². The van der Waals surface area contributed by atoms with Gasteiger partial charge in [0.25, 0.3) is 0 Å². The minimum absolute atomic E-state index is 0.888. The second-order valence-corrected chi connectivity index (χ2v) is 17.7. The third-order valence-corrected chi connectivity index (χ3v) is 13.6. The fourth-order valence-corrected chi connectivity index (χ4v) is 10.2. The van der Waals surface area contributed by atoms with Crippen molar-refractivity contribution >= 4 is 60.8 Å². The first-order valence-electron chi connectivity index (χ1n) is 23.6. The molecule has 0 spiro atoms. The van der Waals surface area contributed by atoms with Gasteiger partial charge in [0.2, 0.25) is 0 Å². The predicted octanol–water partition coefficient (Wildman–Crippen LogP) is 18.5. The Kier molecular flexibility index (Phi) is 9.84. The quantitative estimate of drug-likeness (QED) is 0.144. The van der Waals surface area contributed by atoms with Gasteiger partial charge in [-0.15, -0.1) is 0 Å². The normalized spacial score (nSPS) is 11.5. The Morgan fingerprint density at radius 2 is 0.710 bits per heavy atom. The molecule has 0 saturated heterocycles. The Hall–Kier alpha value is -9.18. The first-order chi connectivity index (χ1) is 34.2. The average molecular weight is 881 g/mol. The van der Waals surface area contributed by atoms with Crippen LogP contribution < -0.4 is 4.90 Å². The first kappa shape index (κ1) is 40.1. The highest BCUT2D eigenvalue weighted by Crippen LogP contribution is 2.41. The van der Waals surface area contributed by atoms with Crippen molar-refractivity contribution in [3.05, 3.63) is 267 Å². The van der Waals surface area contributed by atoms with Crippen LogP contribution in [0.5, 0.6) is 0 Å². The Bertz CT molecular complexity index is 3980. The second-order valence-electron chi connectivity index (χ2n) is 17.7. The molecule has 0 N–H and O–H groups in total. The number of fused-ring (bicyclic) bond motifs is 6. The Morgan fingerprint density at radius 1 is 0.246 bits per heavy atom. The second kappa shape index (κ2) is 16.9. The molecule has 69 heavy (non-hydrogen) atoms. The van der Waals surface area contributed by atoms with Crippen molar-refractivity contribution in [3.63, 3.8) is 0 Å². The van der Waals surface area contributed by atoms with E-state index in [0.717, 1.165) is 83.6 Å². The number of hydrogen-bond acceptors (Lipinski definition) is 2. The van der Waals surface area contributed by atoms with Crippen molar-refractivity contribution in [3.8, 4) is 61.3 Å². The highest BCUT2D eigenvalue weighted by atomic mass is 16.3. The number of aromatic nitrogens is 1. The van der Waals surface area contributed by atoms with E-state index >= 15 is 0 Å². The van der Waals surface area contributed by atoms with Crippen molar-refractivity contribution in [2.75, 3.05) is 4.90 Å². The van der Waals surface area contributed by atoms with Gasteiger partial charge in [-0.3, -0.25) is 0 Å². The molecule has 13 aromatic rings. The number of anilines is 3. The first-order valence-corrected chi connectivity index (χ1v) is 23.6. The van der Waals surface area contributed by atoms with Crippen LogP contribution >= 0.6 is 0 Å². The van der Waals surface area contributed by atoms with Gasteiger partial charge in [-0.25, -0.2) is 0 Å². The number of furan rings is 1. The van der Waals surface area contributed by atoms with Gasteiger partial charge >= 0.3 is 0 Å². The number of nitrogens with zero attached hydrogens (tertiary/aromatic N) is 2. The van der Waals surface area contributed by atoms with Crippen molar-refractivity contribution in [1.82, 2.24) is 4.57 Å². The number of hydrogen-bond donors (Lipinski definition) is 0. The lowest BCUT2D eigenvalue weighted by Gasteiger charge is -2.26. The molecular formula is C66H44N2O. The Balaban J connectivity index is 0.881. The SMILES string of the molecule is c1ccc(-c2cccc(N(c3ccccc3)c3ccc(-c4ccc(-c5cc(-c6ccc7c(c6)oc6ccccc67)cc(-c6ccc7c(c6)c6ccccc6n7-c6ccccc6)c5)cc4)cc3)c2)cc1. The molecular weight excluding hydrogens is 837 g/mol. The third kappa shape index (κ3) is 7.34. The molecule has 0 atom stereocenters. The van der Waals surface area contributed by atoms with Crippen molar-refractivity contribution in [2.24, 2.45) is 0 Å². The van der Waals surface area contributed by atoms with Gasteiger partial charge in [-0.2, -0.15) is 0 Å². The standard InChI is InChI=1S/C66H44N2O/c1-4-15-45(16-5-1)49-17-14-22-58(42-49)67(55-18-6-2-7-19-55)57-35-31-47(32-36-57)46-27-29-48(30-28-46)52-39-53(41-54(40-52)51-33-37-61-60-24-11-13-26-65(60)69-66(61)44-51)50-34-38-64-62(43-50)59-23-10-12-25-63(59)68(64)56-20-8-3-9-21-56/h1-44H. The minimum Gasteiger partial charge on any atom is -0.456 e. The van der Waals surface area contributed by atoms with Crippen LogP contribution in [0, 0.1) is 0 Å². The Labute approximate surface area is 401 Å². The van der Waals surface area contributed by atoms with Crippen LogP contribution in [0.2, 0.25) is 0 Å². The van der Waals surface area contributed by atoms with E-state index in [4.69, 9.17) is 4.42 Å². The number of rotatable bonds is 9. The van der Waals surface area contributed by atoms with E-state index in [1.165, 1.54) is 38.5 Å². The van der Waals surface area contributed by atoms with E-state index in [2.05, 4.69) is 264 Å². The molecule has 0 unspecified atom stereocenters. The highest BCUT2D eigenvalue weighted by Gasteiger charge is 2.17. The van der Waals surface area contributed by atoms with Crippen LogP contribution in [-0.4, -0.2) is 4.57 Å². The molecule has 3 nitrogen and oxygen atoms in total. The molecule has 2 aromatic heterocycles. The summed E-state index contributed by atoms with van der Waals surface area (Å²) in [5.41, 5.74) is 20.2. The lowest BCUT2D eigenvalue weighted by Crippen LogP contribution is -2.09. The highest BCUT2D eigenvalue weighted by molar-refractivity contribution is 6.11. The van der Waals surface area contributed by atoms with E-state index in [9.17, 15) is 0 Å². The summed E-state index contributed by atoms with van der Waals surface area (Å²) in [6.45, 7) is 0. The summed E-state index contributed by atoms with van der Waals surface area (Å²) in [5, 5.41) is 4.72. The van der Waals surface area contributed by atoms with Gasteiger partial charge in [0.15, 0.2) is 0 Å². The van der Waals surface area contributed by atoms with Crippen LogP contribution in [0.25, 0.3) is 105 Å². The topological polar surface area (TPSA) is 21.3 Å². The molecule has 0 saturated carbocycles. The molecule has 324 valence electrons. The monoisotopic (exact) mass is 880 g/mol. The maximum atomic E-state index is 6.41. The molecule has 13 rings (SSSR count). The van der Waals surface area contributed by atoms with Gasteiger partial charge in [0.1, 0.15) is 11.2 Å². The fourth-order valence-electron chi connectivity index (χ4n) is 10.2. The predicted molar refractivity (Wildman–Crippen MR) is 290 cm³/mol. The minimum atomic E-state index is 0.888. The van der Waals surface area contributed by atoms with Gasteiger partial charge in [0, 0.05) is 44.3 Å². The van der Waals surface area contributed by atoms with Gasteiger partial charge in [-0.1, -0.05) is 164 Å². The molecule has 11 aromatic carbocycles. The smallest absolute Gasteiger partial charge is 0.136 e. The van der Waals surface area contributed by atoms with Crippen molar-refractivity contribution in [1.29, 1.82) is 0 Å². The van der Waals surface area contributed by atoms with E-state index in [1.807, 2.05) is 12.1 Å². The summed E-state index contributed by atoms with van der Waals surface area (Å²) in [4.78, 5) is 2.33. The van der Waals surface area contributed by atoms with Crippen LogP contribution in [0.1, 0.15) is 0 Å². The largest absolute Gasteiger partial charge is 0.456 e. The number of benzene rings is 11. The third-order valence-electron chi connectivity index (χ3n) is 13.6. The average Bonchev–Trinajstić information content (AvgIpc) is 3.97. The maximum absolute atomic E-state index is 6.41. The zero-order valence-corrected chi connectivity index (χ0v) is 37.7. The van der Waals surface area contributed by atoms with E-state index in [0.29, 0.717) is 0 Å². The van der Waals surface area contributed by atoms with Crippen LogP contribution in [0.3, 0.4) is 0 Å². The molecule has 3 heteroatoms. The lowest BCUT2D eigenvalue weighted by atomic mass is 9.92. The maximum Gasteiger partial charge on any atom is 0.136 e. The molecule has 0 aliphatic heterocycles. The van der Waals surface area contributed by atoms with Crippen LogP contribution in [-0.2, 0) is 0 Å². The van der Waals surface area contributed by atoms with Gasteiger partial charge in [0.05, 0.1) is 11.0 Å². The summed E-state index contributed by atoms with van der Waals surface area (Å²) in [6, 6.07) is 96.1. The van der Waals surface area contributed by atoms with Crippen LogP contribution in [0.4, 0.5) is 17.1 Å². The molecule has 0 radical (unpaired) electrons. The van der Waals surface area contributed by atoms with Gasteiger partial charge < -0.3 is 13.9 Å². The molecule has 0 amide bonds. The van der Waals surface area contributed by atoms with E-state index < -0.39 is 0 Å². The summed E-state index contributed by atoms with van der Waals surface area (Å²) in [7, 11) is 0. The van der Waals surface area contributed by atoms with E-state index in [1.54, 1.807) is 0 Å². The van der Waals surface area contributed by atoms with E-state index in [-0.39, 0.29) is 0 Å². The molecule has 0 aliphatic rings.